The van der Waals surface area contributed by atoms with Gasteiger partial charge in [0.2, 0.25) is 0 Å². The third-order valence-electron chi connectivity index (χ3n) is 1.89. The van der Waals surface area contributed by atoms with Crippen molar-refractivity contribution < 1.29 is 14.3 Å². The lowest BCUT2D eigenvalue weighted by Gasteiger charge is -2.06. The minimum Gasteiger partial charge on any atom is -0.350 e. The van der Waals surface area contributed by atoms with E-state index in [-0.39, 0.29) is 12.1 Å². The lowest BCUT2D eigenvalue weighted by atomic mass is 10.1. The maximum Gasteiger partial charge on any atom is 0.164 e. The van der Waals surface area contributed by atoms with Gasteiger partial charge in [-0.05, 0) is 6.42 Å². The zero-order valence-corrected chi connectivity index (χ0v) is 7.54. The van der Waals surface area contributed by atoms with E-state index in [1.165, 1.54) is 0 Å². The molecule has 1 rings (SSSR count). The fraction of sp³-hybridized carbons (Fsp3) is 0.889. The maximum absolute atomic E-state index is 11.2. The summed E-state index contributed by atoms with van der Waals surface area (Å²) in [4.78, 5) is 11.2. The summed E-state index contributed by atoms with van der Waals surface area (Å²) in [7, 11) is 0. The molecule has 0 radical (unpaired) electrons. The Kier molecular flexibility index (Phi) is 4.25. The molecule has 0 aromatic carbocycles. The van der Waals surface area contributed by atoms with Gasteiger partial charge >= 0.3 is 0 Å². The van der Waals surface area contributed by atoms with Crippen LogP contribution in [-0.2, 0) is 14.3 Å². The van der Waals surface area contributed by atoms with Crippen molar-refractivity contribution in [2.45, 2.75) is 38.9 Å². The van der Waals surface area contributed by atoms with Crippen LogP contribution in [0.15, 0.2) is 0 Å². The normalized spacial score (nSPS) is 18.4. The summed E-state index contributed by atoms with van der Waals surface area (Å²) in [5, 5.41) is 0. The van der Waals surface area contributed by atoms with Gasteiger partial charge in [0.15, 0.2) is 6.29 Å². The number of Topliss-reactive ketones (excluding diaryl/α,β-unsaturated/α-hetero) is 1. The highest BCUT2D eigenvalue weighted by Gasteiger charge is 2.18. The average Bonchev–Trinajstić information content (AvgIpc) is 2.53. The molecule has 0 aromatic heterocycles. The highest BCUT2D eigenvalue weighted by Crippen LogP contribution is 2.10. The van der Waals surface area contributed by atoms with Crippen LogP contribution in [-0.4, -0.2) is 25.3 Å². The molecule has 0 bridgehead atoms. The van der Waals surface area contributed by atoms with Crippen LogP contribution in [0.5, 0.6) is 0 Å². The molecule has 0 N–H and O–H groups in total. The Hall–Kier alpha value is -0.410. The number of carbonyl (C=O) groups excluding carboxylic acids is 1. The molecule has 12 heavy (non-hydrogen) atoms. The Labute approximate surface area is 73.0 Å². The molecule has 1 fully saturated rings. The summed E-state index contributed by atoms with van der Waals surface area (Å²) in [6.07, 6.45) is 2.89. The van der Waals surface area contributed by atoms with E-state index in [0.717, 1.165) is 12.8 Å². The van der Waals surface area contributed by atoms with E-state index in [2.05, 4.69) is 6.92 Å². The first kappa shape index (κ1) is 9.68. The third-order valence-corrected chi connectivity index (χ3v) is 1.89. The molecule has 1 heterocycles. The van der Waals surface area contributed by atoms with Gasteiger partial charge in [-0.2, -0.15) is 0 Å². The van der Waals surface area contributed by atoms with E-state index < -0.39 is 0 Å². The number of rotatable bonds is 5. The Bertz CT molecular complexity index is 139. The lowest BCUT2D eigenvalue weighted by Crippen LogP contribution is -2.13. The van der Waals surface area contributed by atoms with E-state index in [0.29, 0.717) is 26.1 Å². The monoisotopic (exact) mass is 172 g/mol. The zero-order chi connectivity index (χ0) is 8.81. The maximum atomic E-state index is 11.2. The number of ether oxygens (including phenoxy) is 2. The largest absolute Gasteiger partial charge is 0.350 e. The van der Waals surface area contributed by atoms with E-state index >= 15 is 0 Å². The van der Waals surface area contributed by atoms with Crippen molar-refractivity contribution in [1.29, 1.82) is 0 Å². The molecule has 70 valence electrons. The molecule has 0 atom stereocenters. The van der Waals surface area contributed by atoms with Gasteiger partial charge in [0, 0.05) is 6.42 Å². The minimum atomic E-state index is -0.255. The van der Waals surface area contributed by atoms with Crippen molar-refractivity contribution in [2.24, 2.45) is 0 Å². The van der Waals surface area contributed by atoms with E-state index in [1.807, 2.05) is 0 Å². The molecule has 0 spiro atoms. The van der Waals surface area contributed by atoms with Gasteiger partial charge in [-0.1, -0.05) is 13.3 Å². The van der Waals surface area contributed by atoms with Crippen molar-refractivity contribution >= 4 is 5.78 Å². The Morgan fingerprint density at radius 3 is 2.67 bits per heavy atom. The predicted octanol–water partition coefficient (Wildman–Crippen LogP) is 1.51. The summed E-state index contributed by atoms with van der Waals surface area (Å²) < 4.78 is 10.3. The zero-order valence-electron chi connectivity index (χ0n) is 7.54. The molecule has 0 aromatic rings. The summed E-state index contributed by atoms with van der Waals surface area (Å²) in [5.41, 5.74) is 0. The smallest absolute Gasteiger partial charge is 0.164 e. The van der Waals surface area contributed by atoms with Gasteiger partial charge in [0.25, 0.3) is 0 Å². The predicted molar refractivity (Wildman–Crippen MR) is 44.8 cm³/mol. The summed E-state index contributed by atoms with van der Waals surface area (Å²) in [6, 6.07) is 0. The van der Waals surface area contributed by atoms with Gasteiger partial charge in [0.05, 0.1) is 19.6 Å². The van der Waals surface area contributed by atoms with Crippen LogP contribution in [0, 0.1) is 0 Å². The van der Waals surface area contributed by atoms with Crippen LogP contribution < -0.4 is 0 Å². The summed E-state index contributed by atoms with van der Waals surface area (Å²) >= 11 is 0. The van der Waals surface area contributed by atoms with Gasteiger partial charge in [-0.15, -0.1) is 0 Å². The molecule has 1 aliphatic rings. The number of ketones is 1. The third kappa shape index (κ3) is 3.32. The van der Waals surface area contributed by atoms with Crippen molar-refractivity contribution in [1.82, 2.24) is 0 Å². The first-order valence-electron chi connectivity index (χ1n) is 4.58. The number of hydrogen-bond acceptors (Lipinski definition) is 3. The van der Waals surface area contributed by atoms with E-state index in [1.54, 1.807) is 0 Å². The van der Waals surface area contributed by atoms with Crippen molar-refractivity contribution in [3.05, 3.63) is 0 Å². The fourth-order valence-electron chi connectivity index (χ4n) is 1.19. The average molecular weight is 172 g/mol. The van der Waals surface area contributed by atoms with E-state index in [4.69, 9.17) is 9.47 Å². The second-order valence-electron chi connectivity index (χ2n) is 3.02. The van der Waals surface area contributed by atoms with Crippen molar-refractivity contribution in [3.63, 3.8) is 0 Å². The lowest BCUT2D eigenvalue weighted by molar-refractivity contribution is -0.127. The van der Waals surface area contributed by atoms with Gasteiger partial charge in [-0.3, -0.25) is 4.79 Å². The van der Waals surface area contributed by atoms with Gasteiger partial charge in [-0.25, -0.2) is 0 Å². The molecule has 1 saturated heterocycles. The first-order chi connectivity index (χ1) is 5.83. The van der Waals surface area contributed by atoms with Crippen LogP contribution in [0.3, 0.4) is 0 Å². The number of hydrogen-bond donors (Lipinski definition) is 0. The minimum absolute atomic E-state index is 0.253. The Balaban J connectivity index is 2.08. The molecule has 3 nitrogen and oxygen atoms in total. The topological polar surface area (TPSA) is 35.5 Å². The highest BCUT2D eigenvalue weighted by molar-refractivity contribution is 5.78. The second-order valence-corrected chi connectivity index (χ2v) is 3.02. The standard InChI is InChI=1S/C9H16O3/c1-2-3-4-8(10)7-9-11-5-6-12-9/h9H,2-7H2,1H3. The number of carbonyl (C=O) groups is 1. The number of unbranched alkanes of at least 4 members (excludes halogenated alkanes) is 1. The Morgan fingerprint density at radius 1 is 1.42 bits per heavy atom. The molecular weight excluding hydrogens is 156 g/mol. The van der Waals surface area contributed by atoms with Crippen LogP contribution in [0.4, 0.5) is 0 Å². The second kappa shape index (κ2) is 5.27. The van der Waals surface area contributed by atoms with E-state index in [9.17, 15) is 4.79 Å². The highest BCUT2D eigenvalue weighted by atomic mass is 16.7. The molecule has 0 unspecified atom stereocenters. The summed E-state index contributed by atoms with van der Waals surface area (Å²) in [5.74, 6) is 0.253. The quantitative estimate of drug-likeness (QED) is 0.630. The van der Waals surface area contributed by atoms with Crippen LogP contribution >= 0.6 is 0 Å². The molecule has 0 aliphatic carbocycles. The fourth-order valence-corrected chi connectivity index (χ4v) is 1.19. The Morgan fingerprint density at radius 2 is 2.08 bits per heavy atom. The van der Waals surface area contributed by atoms with Crippen LogP contribution in [0.1, 0.15) is 32.6 Å². The molecule has 1 aliphatic heterocycles. The summed E-state index contributed by atoms with van der Waals surface area (Å²) in [6.45, 7) is 3.34. The molecular formula is C9H16O3. The van der Waals surface area contributed by atoms with Gasteiger partial charge < -0.3 is 9.47 Å². The molecule has 0 saturated carbocycles. The SMILES string of the molecule is CCCCC(=O)CC1OCCO1. The van der Waals surface area contributed by atoms with Gasteiger partial charge in [0.1, 0.15) is 5.78 Å². The molecule has 3 heteroatoms. The van der Waals surface area contributed by atoms with Crippen LogP contribution in [0.2, 0.25) is 0 Å². The van der Waals surface area contributed by atoms with Crippen molar-refractivity contribution in [2.75, 3.05) is 13.2 Å². The first-order valence-corrected chi connectivity index (χ1v) is 4.58. The van der Waals surface area contributed by atoms with Crippen LogP contribution in [0.25, 0.3) is 0 Å². The van der Waals surface area contributed by atoms with Crippen molar-refractivity contribution in [3.8, 4) is 0 Å². The molecule has 0 amide bonds.